The topological polar surface area (TPSA) is 76.1 Å². The summed E-state index contributed by atoms with van der Waals surface area (Å²) in [7, 11) is 0. The van der Waals surface area contributed by atoms with Crippen molar-refractivity contribution in [2.45, 2.75) is 71.4 Å². The van der Waals surface area contributed by atoms with Gasteiger partial charge in [-0.05, 0) is 38.0 Å². The first-order valence-corrected chi connectivity index (χ1v) is 10.2. The summed E-state index contributed by atoms with van der Waals surface area (Å²) >= 11 is 0. The Morgan fingerprint density at radius 1 is 1.26 bits per heavy atom. The van der Waals surface area contributed by atoms with Crippen molar-refractivity contribution in [3.05, 3.63) is 23.3 Å². The summed E-state index contributed by atoms with van der Waals surface area (Å²) in [5, 5.41) is 10.5. The number of carbonyl (C=O) groups is 2. The monoisotopic (exact) mass is 377 g/mol. The lowest BCUT2D eigenvalue weighted by Crippen LogP contribution is -2.55. The van der Waals surface area contributed by atoms with Crippen molar-refractivity contribution in [1.29, 1.82) is 0 Å². The predicted octanol–water partition coefficient (Wildman–Crippen LogP) is 3.48. The summed E-state index contributed by atoms with van der Waals surface area (Å²) in [5.74, 6) is 0.967. The average molecular weight is 377 g/mol. The van der Waals surface area contributed by atoms with E-state index in [1.807, 2.05) is 0 Å². The van der Waals surface area contributed by atoms with Gasteiger partial charge in [-0.25, -0.2) is 4.79 Å². The van der Waals surface area contributed by atoms with Crippen LogP contribution < -0.4 is 0 Å². The minimum atomic E-state index is -0.528. The van der Waals surface area contributed by atoms with Crippen LogP contribution in [-0.4, -0.2) is 47.1 Å². The van der Waals surface area contributed by atoms with Gasteiger partial charge >= 0.3 is 5.97 Å². The lowest BCUT2D eigenvalue weighted by Gasteiger charge is -2.52. The third-order valence-electron chi connectivity index (χ3n) is 6.10. The molecule has 1 aliphatic carbocycles. The van der Waals surface area contributed by atoms with Crippen LogP contribution in [0.3, 0.4) is 0 Å². The summed E-state index contributed by atoms with van der Waals surface area (Å²) in [6, 6.07) is 0.302. The maximum absolute atomic E-state index is 12.6. The highest BCUT2D eigenvalue weighted by Crippen LogP contribution is 2.47. The molecule has 0 saturated carbocycles. The normalized spacial score (nSPS) is 30.4. The molecule has 27 heavy (non-hydrogen) atoms. The fourth-order valence-electron chi connectivity index (χ4n) is 4.78. The van der Waals surface area contributed by atoms with Crippen molar-refractivity contribution in [1.82, 2.24) is 4.90 Å². The van der Waals surface area contributed by atoms with Crippen molar-refractivity contribution >= 4 is 11.8 Å². The minimum absolute atomic E-state index is 0.0225. The zero-order valence-corrected chi connectivity index (χ0v) is 16.6. The van der Waals surface area contributed by atoms with Gasteiger partial charge < -0.3 is 19.5 Å². The molecule has 0 amide bonds. The molecule has 2 aliphatic heterocycles. The first-order chi connectivity index (χ1) is 13.0. The highest BCUT2D eigenvalue weighted by atomic mass is 16.5. The number of nitrogens with zero attached hydrogens (tertiary/aromatic N) is 1. The number of Topliss-reactive ketones (excluding diaryl/α,β-unsaturated/α-hetero) is 1. The van der Waals surface area contributed by atoms with Crippen molar-refractivity contribution < 1.29 is 24.2 Å². The van der Waals surface area contributed by atoms with E-state index in [2.05, 4.69) is 18.7 Å². The molecule has 1 fully saturated rings. The minimum Gasteiger partial charge on any atom is -0.509 e. The van der Waals surface area contributed by atoms with Crippen molar-refractivity contribution in [2.75, 3.05) is 13.2 Å². The van der Waals surface area contributed by atoms with Gasteiger partial charge in [0.25, 0.3) is 0 Å². The van der Waals surface area contributed by atoms with E-state index in [0.29, 0.717) is 31.1 Å². The lowest BCUT2D eigenvalue weighted by atomic mass is 9.67. The number of carbonyl (C=O) groups excluding carboxylic acids is 2. The molecule has 0 spiro atoms. The zero-order chi connectivity index (χ0) is 19.6. The quantitative estimate of drug-likeness (QED) is 0.564. The van der Waals surface area contributed by atoms with E-state index in [1.54, 1.807) is 13.1 Å². The van der Waals surface area contributed by atoms with Gasteiger partial charge in [-0.2, -0.15) is 0 Å². The number of aliphatic hydroxyl groups excluding tert-OH is 1. The van der Waals surface area contributed by atoms with E-state index in [9.17, 15) is 14.7 Å². The Labute approximate surface area is 161 Å². The molecule has 0 aromatic rings. The molecular formula is C21H31NO5. The number of aliphatic hydroxyl groups is 1. The fourth-order valence-corrected chi connectivity index (χ4v) is 4.78. The van der Waals surface area contributed by atoms with Crippen molar-refractivity contribution in [2.24, 2.45) is 11.8 Å². The van der Waals surface area contributed by atoms with Gasteiger partial charge in [0.15, 0.2) is 5.78 Å². The summed E-state index contributed by atoms with van der Waals surface area (Å²) in [6.07, 6.45) is 6.14. The number of fused-ring (bicyclic) bond motifs is 3. The van der Waals surface area contributed by atoms with E-state index < -0.39 is 5.97 Å². The van der Waals surface area contributed by atoms with E-state index in [1.165, 1.54) is 0 Å². The number of ether oxygens (including phenoxy) is 2. The fraction of sp³-hybridized carbons (Fsp3) is 0.714. The van der Waals surface area contributed by atoms with Crippen LogP contribution in [-0.2, 0) is 19.1 Å². The number of ketones is 1. The van der Waals surface area contributed by atoms with Crippen molar-refractivity contribution in [3.8, 4) is 0 Å². The number of hydrogen-bond acceptors (Lipinski definition) is 6. The second kappa shape index (κ2) is 8.36. The molecule has 0 aromatic heterocycles. The molecule has 1 N–H and O–H groups in total. The van der Waals surface area contributed by atoms with Crippen LogP contribution >= 0.6 is 0 Å². The second-order valence-corrected chi connectivity index (χ2v) is 7.75. The van der Waals surface area contributed by atoms with E-state index in [-0.39, 0.29) is 36.0 Å². The molecule has 3 aliphatic rings. The number of esters is 1. The molecule has 4 unspecified atom stereocenters. The van der Waals surface area contributed by atoms with Crippen LogP contribution in [0.15, 0.2) is 23.3 Å². The van der Waals surface area contributed by atoms with Crippen LogP contribution in [0.5, 0.6) is 0 Å². The Morgan fingerprint density at radius 2 is 2.04 bits per heavy atom. The first kappa shape index (κ1) is 19.8. The molecule has 0 aromatic carbocycles. The third kappa shape index (κ3) is 3.85. The van der Waals surface area contributed by atoms with Gasteiger partial charge in [-0.15, -0.1) is 0 Å². The number of hydrogen-bond donors (Lipinski definition) is 1. The number of rotatable bonds is 6. The molecule has 0 bridgehead atoms. The van der Waals surface area contributed by atoms with Crippen LogP contribution in [0.1, 0.15) is 59.3 Å². The highest BCUT2D eigenvalue weighted by molar-refractivity contribution is 6.17. The van der Waals surface area contributed by atoms with E-state index >= 15 is 0 Å². The van der Waals surface area contributed by atoms with Gasteiger partial charge in [-0.3, -0.25) is 4.79 Å². The van der Waals surface area contributed by atoms with Gasteiger partial charge in [0.1, 0.15) is 17.1 Å². The average Bonchev–Trinajstić information content (AvgIpc) is 2.65. The molecule has 2 heterocycles. The summed E-state index contributed by atoms with van der Waals surface area (Å²) < 4.78 is 10.8. The largest absolute Gasteiger partial charge is 0.509 e. The molecule has 1 saturated heterocycles. The number of allylic oxidation sites excluding steroid dienone is 2. The Kier molecular flexibility index (Phi) is 6.12. The van der Waals surface area contributed by atoms with E-state index in [0.717, 1.165) is 31.4 Å². The maximum Gasteiger partial charge on any atom is 0.343 e. The van der Waals surface area contributed by atoms with Gasteiger partial charge in [0, 0.05) is 37.5 Å². The van der Waals surface area contributed by atoms with Crippen LogP contribution in [0.2, 0.25) is 0 Å². The first-order valence-electron chi connectivity index (χ1n) is 10.2. The molecule has 3 rings (SSSR count). The second-order valence-electron chi connectivity index (χ2n) is 7.75. The van der Waals surface area contributed by atoms with Gasteiger partial charge in [-0.1, -0.05) is 13.8 Å². The number of piperidine rings is 1. The molecular weight excluding hydrogens is 346 g/mol. The SMILES string of the molecule is CCCOC1=C(O)CC2C(C1)CC(CC)N1C=C(C(=O)OCC)C(=O)CC21. The lowest BCUT2D eigenvalue weighted by molar-refractivity contribution is -0.141. The van der Waals surface area contributed by atoms with Crippen LogP contribution in [0, 0.1) is 11.8 Å². The van der Waals surface area contributed by atoms with Crippen LogP contribution in [0.25, 0.3) is 0 Å². The molecule has 6 nitrogen and oxygen atoms in total. The Hall–Kier alpha value is -1.98. The highest BCUT2D eigenvalue weighted by Gasteiger charge is 2.48. The summed E-state index contributed by atoms with van der Waals surface area (Å²) in [5.41, 5.74) is 0.160. The van der Waals surface area contributed by atoms with Gasteiger partial charge in [0.05, 0.1) is 13.2 Å². The molecule has 4 atom stereocenters. The summed E-state index contributed by atoms with van der Waals surface area (Å²) in [6.45, 7) is 6.81. The van der Waals surface area contributed by atoms with Crippen LogP contribution in [0.4, 0.5) is 0 Å². The molecule has 0 radical (unpaired) electrons. The summed E-state index contributed by atoms with van der Waals surface area (Å²) in [4.78, 5) is 27.0. The predicted molar refractivity (Wildman–Crippen MR) is 101 cm³/mol. The maximum atomic E-state index is 12.6. The molecule has 6 heteroatoms. The third-order valence-corrected chi connectivity index (χ3v) is 6.10. The zero-order valence-electron chi connectivity index (χ0n) is 16.6. The molecule has 150 valence electrons. The smallest absolute Gasteiger partial charge is 0.343 e. The van der Waals surface area contributed by atoms with Gasteiger partial charge in [0.2, 0.25) is 0 Å². The Morgan fingerprint density at radius 3 is 2.70 bits per heavy atom. The Bertz CT molecular complexity index is 653. The van der Waals surface area contributed by atoms with Crippen molar-refractivity contribution in [3.63, 3.8) is 0 Å². The van der Waals surface area contributed by atoms with E-state index in [4.69, 9.17) is 9.47 Å². The Balaban J connectivity index is 1.86. The standard InChI is InChI=1S/C21H31NO5/c1-4-7-27-20-9-13-8-14(5-2)22-12-16(21(25)26-6-3)18(23)11-17(22)15(13)10-19(20)24/h12-15,17,24H,4-11H2,1-3H3.